The molecule has 4 heteroatoms. The number of rotatable bonds is 8. The maximum Gasteiger partial charge on any atom is 0.213 e. The van der Waals surface area contributed by atoms with Gasteiger partial charge in [0.2, 0.25) is 6.21 Å². The van der Waals surface area contributed by atoms with E-state index in [1.165, 1.54) is 24.0 Å². The molecule has 0 saturated heterocycles. The zero-order valence-electron chi connectivity index (χ0n) is 17.9. The molecule has 1 heterocycles. The minimum Gasteiger partial charge on any atom is -0.372 e. The SMILES string of the molecule is CCCCC[C@H]1C=[N+]([O-])O[C@H](O[C@@H]2CCCC2(c2ccccc2)c2ccccc2)C1. The summed E-state index contributed by atoms with van der Waals surface area (Å²) in [6.45, 7) is 2.20. The predicted octanol–water partition coefficient (Wildman–Crippen LogP) is 5.98. The highest BCUT2D eigenvalue weighted by Gasteiger charge is 2.47. The second kappa shape index (κ2) is 9.65. The standard InChI is InChI=1S/C26H33NO3/c1-2-3-6-12-21-19-25(30-27(28)20-21)29-24-17-11-18-26(24,22-13-7-4-8-14-22)23-15-9-5-10-16-23/h4-5,7-10,13-16,20-21,24-25H,2-3,6,11-12,17-19H2,1H3/t21-,24-,25+/m1/s1. The Labute approximate surface area is 180 Å². The molecule has 4 nitrogen and oxygen atoms in total. The molecule has 1 aliphatic carbocycles. The molecule has 4 rings (SSSR count). The van der Waals surface area contributed by atoms with Crippen molar-refractivity contribution in [1.82, 2.24) is 0 Å². The van der Waals surface area contributed by atoms with E-state index in [9.17, 15) is 5.21 Å². The first-order valence-electron chi connectivity index (χ1n) is 11.5. The topological polar surface area (TPSA) is 44.5 Å². The van der Waals surface area contributed by atoms with Crippen molar-refractivity contribution < 1.29 is 14.5 Å². The Morgan fingerprint density at radius 2 is 1.70 bits per heavy atom. The molecule has 30 heavy (non-hydrogen) atoms. The van der Waals surface area contributed by atoms with Crippen molar-refractivity contribution in [2.24, 2.45) is 5.92 Å². The molecule has 2 aromatic carbocycles. The van der Waals surface area contributed by atoms with E-state index < -0.39 is 6.29 Å². The molecule has 0 N–H and O–H groups in total. The Morgan fingerprint density at radius 1 is 1.03 bits per heavy atom. The monoisotopic (exact) mass is 407 g/mol. The number of hydrogen-bond acceptors (Lipinski definition) is 3. The van der Waals surface area contributed by atoms with E-state index in [0.29, 0.717) is 4.90 Å². The molecule has 0 spiro atoms. The van der Waals surface area contributed by atoms with E-state index in [0.717, 1.165) is 38.5 Å². The summed E-state index contributed by atoms with van der Waals surface area (Å²) >= 11 is 0. The average Bonchev–Trinajstić information content (AvgIpc) is 3.19. The molecule has 0 radical (unpaired) electrons. The van der Waals surface area contributed by atoms with Gasteiger partial charge in [0.1, 0.15) is 0 Å². The van der Waals surface area contributed by atoms with Crippen LogP contribution in [0.4, 0.5) is 0 Å². The molecule has 2 aliphatic rings. The maximum atomic E-state index is 12.2. The van der Waals surface area contributed by atoms with Crippen LogP contribution in [-0.2, 0) is 15.0 Å². The first-order chi connectivity index (χ1) is 14.7. The van der Waals surface area contributed by atoms with Gasteiger partial charge in [-0.3, -0.25) is 5.21 Å². The van der Waals surface area contributed by atoms with Crippen LogP contribution in [0.2, 0.25) is 0 Å². The van der Waals surface area contributed by atoms with Gasteiger partial charge in [0.25, 0.3) is 0 Å². The molecule has 2 aromatic rings. The third kappa shape index (κ3) is 4.39. The second-order valence-electron chi connectivity index (χ2n) is 8.68. The van der Waals surface area contributed by atoms with Crippen molar-refractivity contribution in [2.45, 2.75) is 76.1 Å². The molecular formula is C26H33NO3. The summed E-state index contributed by atoms with van der Waals surface area (Å²) in [7, 11) is 0. The highest BCUT2D eigenvalue weighted by atomic mass is 16.9. The van der Waals surface area contributed by atoms with Crippen LogP contribution in [0.1, 0.15) is 69.4 Å². The minimum absolute atomic E-state index is 0.0184. The summed E-state index contributed by atoms with van der Waals surface area (Å²) in [4.78, 5) is 6.18. The molecule has 0 bridgehead atoms. The highest BCUT2D eigenvalue weighted by molar-refractivity contribution is 5.55. The summed E-state index contributed by atoms with van der Waals surface area (Å²) in [6, 6.07) is 21.3. The van der Waals surface area contributed by atoms with Crippen molar-refractivity contribution in [3.8, 4) is 0 Å². The lowest BCUT2D eigenvalue weighted by atomic mass is 9.71. The normalized spacial score (nSPS) is 25.5. The van der Waals surface area contributed by atoms with Crippen LogP contribution >= 0.6 is 0 Å². The van der Waals surface area contributed by atoms with Crippen LogP contribution in [0.5, 0.6) is 0 Å². The summed E-state index contributed by atoms with van der Waals surface area (Å²) in [6.07, 6.45) is 9.54. The zero-order chi connectivity index (χ0) is 20.8. The van der Waals surface area contributed by atoms with Gasteiger partial charge in [0.15, 0.2) is 6.29 Å². The number of ether oxygens (including phenoxy) is 1. The lowest BCUT2D eigenvalue weighted by molar-refractivity contribution is -0.770. The van der Waals surface area contributed by atoms with E-state index >= 15 is 0 Å². The molecule has 1 saturated carbocycles. The van der Waals surface area contributed by atoms with Gasteiger partial charge >= 0.3 is 0 Å². The molecule has 0 unspecified atom stereocenters. The molecule has 160 valence electrons. The smallest absolute Gasteiger partial charge is 0.213 e. The number of nitrogens with zero attached hydrogens (tertiary/aromatic N) is 1. The quantitative estimate of drug-likeness (QED) is 0.399. The van der Waals surface area contributed by atoms with Gasteiger partial charge in [-0.2, -0.15) is 0 Å². The Hall–Kier alpha value is -2.33. The average molecular weight is 408 g/mol. The fourth-order valence-corrected chi connectivity index (χ4v) is 5.24. The lowest BCUT2D eigenvalue weighted by Crippen LogP contribution is -2.43. The first kappa shape index (κ1) is 20.9. The summed E-state index contributed by atoms with van der Waals surface area (Å²) in [5.74, 6) is 0.219. The van der Waals surface area contributed by atoms with Gasteiger partial charge in [-0.25, -0.2) is 0 Å². The molecule has 0 amide bonds. The van der Waals surface area contributed by atoms with Crippen molar-refractivity contribution in [3.05, 3.63) is 77.0 Å². The van der Waals surface area contributed by atoms with E-state index in [1.807, 2.05) is 0 Å². The van der Waals surface area contributed by atoms with Gasteiger partial charge in [-0.15, -0.1) is 0 Å². The predicted molar refractivity (Wildman–Crippen MR) is 119 cm³/mol. The van der Waals surface area contributed by atoms with E-state index in [-0.39, 0.29) is 17.4 Å². The third-order valence-electron chi connectivity index (χ3n) is 6.71. The Bertz CT molecular complexity index is 781. The van der Waals surface area contributed by atoms with Gasteiger partial charge in [0, 0.05) is 22.7 Å². The Kier molecular flexibility index (Phi) is 6.73. The fraction of sp³-hybridized carbons (Fsp3) is 0.500. The minimum atomic E-state index is -0.492. The molecular weight excluding hydrogens is 374 g/mol. The molecule has 3 atom stereocenters. The lowest BCUT2D eigenvalue weighted by Gasteiger charge is -2.39. The van der Waals surface area contributed by atoms with Gasteiger partial charge < -0.3 is 9.57 Å². The van der Waals surface area contributed by atoms with Gasteiger partial charge in [-0.1, -0.05) is 86.8 Å². The van der Waals surface area contributed by atoms with E-state index in [4.69, 9.17) is 9.57 Å². The van der Waals surface area contributed by atoms with Crippen molar-refractivity contribution in [1.29, 1.82) is 0 Å². The van der Waals surface area contributed by atoms with E-state index in [1.54, 1.807) is 6.21 Å². The van der Waals surface area contributed by atoms with Crippen molar-refractivity contribution in [3.63, 3.8) is 0 Å². The molecule has 1 aliphatic heterocycles. The molecule has 1 fully saturated rings. The highest BCUT2D eigenvalue weighted by Crippen LogP contribution is 2.48. The summed E-state index contributed by atoms with van der Waals surface area (Å²) < 4.78 is 6.60. The van der Waals surface area contributed by atoms with Crippen LogP contribution < -0.4 is 0 Å². The molecule has 0 aromatic heterocycles. The van der Waals surface area contributed by atoms with Crippen LogP contribution in [0, 0.1) is 11.1 Å². The number of benzene rings is 2. The largest absolute Gasteiger partial charge is 0.372 e. The fourth-order valence-electron chi connectivity index (χ4n) is 5.24. The third-order valence-corrected chi connectivity index (χ3v) is 6.71. The maximum absolute atomic E-state index is 12.2. The second-order valence-corrected chi connectivity index (χ2v) is 8.68. The first-order valence-corrected chi connectivity index (χ1v) is 11.5. The summed E-state index contributed by atoms with van der Waals surface area (Å²) in [5, 5.41) is 12.2. The Morgan fingerprint density at radius 3 is 2.33 bits per heavy atom. The van der Waals surface area contributed by atoms with Crippen molar-refractivity contribution >= 4 is 6.21 Å². The van der Waals surface area contributed by atoms with Gasteiger partial charge in [-0.05, 0) is 36.8 Å². The Balaban J connectivity index is 1.57. The van der Waals surface area contributed by atoms with Crippen LogP contribution in [0.25, 0.3) is 0 Å². The van der Waals surface area contributed by atoms with Crippen molar-refractivity contribution in [2.75, 3.05) is 0 Å². The number of hydrogen-bond donors (Lipinski definition) is 0. The zero-order valence-corrected chi connectivity index (χ0v) is 17.9. The van der Waals surface area contributed by atoms with E-state index in [2.05, 4.69) is 67.6 Å². The van der Waals surface area contributed by atoms with Crippen LogP contribution in [0.15, 0.2) is 60.7 Å². The summed E-state index contributed by atoms with van der Waals surface area (Å²) in [5.41, 5.74) is 2.34. The number of unbranched alkanes of at least 4 members (excludes halogenated alkanes) is 2. The van der Waals surface area contributed by atoms with Crippen LogP contribution in [-0.4, -0.2) is 23.5 Å². The van der Waals surface area contributed by atoms with Crippen LogP contribution in [0.3, 0.4) is 0 Å². The van der Waals surface area contributed by atoms with Gasteiger partial charge in [0.05, 0.1) is 6.10 Å².